The predicted octanol–water partition coefficient (Wildman–Crippen LogP) is 4.92. The number of hydrogen-bond donors (Lipinski definition) is 0. The lowest BCUT2D eigenvalue weighted by atomic mass is 10.1. The van der Waals surface area contributed by atoms with Gasteiger partial charge >= 0.3 is 0 Å². The zero-order valence-electron chi connectivity index (χ0n) is 17.0. The van der Waals surface area contributed by atoms with Crippen LogP contribution in [0.15, 0.2) is 57.8 Å². The zero-order valence-corrected chi connectivity index (χ0v) is 18.6. The number of halogens is 1. The van der Waals surface area contributed by atoms with Crippen molar-refractivity contribution in [3.63, 3.8) is 0 Å². The Labute approximate surface area is 188 Å². The molecular formula is C23H22BrN5O2. The molecule has 4 aromatic rings. The van der Waals surface area contributed by atoms with E-state index in [0.29, 0.717) is 24.7 Å². The number of nitrogens with zero attached hydrogens (tertiary/aromatic N) is 5. The first kappa shape index (κ1) is 19.9. The summed E-state index contributed by atoms with van der Waals surface area (Å²) in [7, 11) is 0. The first-order valence-electron chi connectivity index (χ1n) is 10.5. The molecule has 3 heterocycles. The van der Waals surface area contributed by atoms with E-state index in [-0.39, 0.29) is 5.91 Å². The summed E-state index contributed by atoms with van der Waals surface area (Å²) in [5.41, 5.74) is 3.53. The first-order valence-corrected chi connectivity index (χ1v) is 11.3. The Kier molecular flexibility index (Phi) is 5.55. The molecule has 0 radical (unpaired) electrons. The summed E-state index contributed by atoms with van der Waals surface area (Å²) in [5, 5.41) is 4.13. The van der Waals surface area contributed by atoms with Crippen molar-refractivity contribution < 1.29 is 9.32 Å². The molecule has 2 aromatic carbocycles. The van der Waals surface area contributed by atoms with Crippen molar-refractivity contribution in [3.8, 4) is 22.8 Å². The van der Waals surface area contributed by atoms with Gasteiger partial charge in [-0.2, -0.15) is 4.98 Å². The molecule has 1 aliphatic heterocycles. The van der Waals surface area contributed by atoms with Gasteiger partial charge in [-0.15, -0.1) is 0 Å². The van der Waals surface area contributed by atoms with Gasteiger partial charge in [-0.3, -0.25) is 4.79 Å². The lowest BCUT2D eigenvalue weighted by molar-refractivity contribution is -0.132. The van der Waals surface area contributed by atoms with Gasteiger partial charge in [0.1, 0.15) is 0 Å². The van der Waals surface area contributed by atoms with E-state index in [0.717, 1.165) is 52.6 Å². The van der Waals surface area contributed by atoms with E-state index in [1.165, 1.54) is 6.42 Å². The van der Waals surface area contributed by atoms with Crippen LogP contribution in [0.3, 0.4) is 0 Å². The van der Waals surface area contributed by atoms with Crippen LogP contribution in [0, 0.1) is 0 Å². The molecule has 1 fully saturated rings. The molecule has 0 saturated carbocycles. The molecule has 0 atom stereocenters. The van der Waals surface area contributed by atoms with E-state index in [1.54, 1.807) is 6.33 Å². The number of fused-ring (bicyclic) bond motifs is 1. The fraction of sp³-hybridized carbons (Fsp3) is 0.304. The van der Waals surface area contributed by atoms with Gasteiger partial charge in [0.15, 0.2) is 0 Å². The number of aryl methyl sites for hydroxylation is 1. The number of piperidine rings is 1. The highest BCUT2D eigenvalue weighted by Crippen LogP contribution is 2.26. The van der Waals surface area contributed by atoms with Gasteiger partial charge in [0, 0.05) is 41.7 Å². The normalized spacial score (nSPS) is 14.3. The second kappa shape index (κ2) is 8.63. The molecule has 8 heteroatoms. The molecule has 0 unspecified atom stereocenters. The van der Waals surface area contributed by atoms with Crippen molar-refractivity contribution in [1.82, 2.24) is 24.6 Å². The maximum atomic E-state index is 12.5. The standard InChI is InChI=1S/C23H22BrN5O2/c24-18-6-4-5-17(13-18)23-26-22(27-31-23)16-7-8-20-19(14-16)25-15-29(20)12-9-21(30)28-10-2-1-3-11-28/h4-8,13-15H,1-3,9-12H2. The van der Waals surface area contributed by atoms with Crippen molar-refractivity contribution in [1.29, 1.82) is 0 Å². The van der Waals surface area contributed by atoms with E-state index in [4.69, 9.17) is 4.52 Å². The highest BCUT2D eigenvalue weighted by Gasteiger charge is 2.17. The molecule has 0 bridgehead atoms. The van der Waals surface area contributed by atoms with Gasteiger partial charge in [-0.25, -0.2) is 4.98 Å². The molecule has 0 aliphatic carbocycles. The molecule has 1 amide bonds. The van der Waals surface area contributed by atoms with Crippen LogP contribution in [-0.2, 0) is 11.3 Å². The van der Waals surface area contributed by atoms with Crippen LogP contribution in [0.2, 0.25) is 0 Å². The molecule has 1 saturated heterocycles. The number of likely N-dealkylation sites (tertiary alicyclic amines) is 1. The van der Waals surface area contributed by atoms with Gasteiger partial charge in [-0.1, -0.05) is 27.2 Å². The largest absolute Gasteiger partial charge is 0.343 e. The van der Waals surface area contributed by atoms with Crippen molar-refractivity contribution in [3.05, 3.63) is 53.3 Å². The van der Waals surface area contributed by atoms with E-state index in [2.05, 4.69) is 31.1 Å². The Morgan fingerprint density at radius 3 is 2.77 bits per heavy atom. The van der Waals surface area contributed by atoms with Gasteiger partial charge in [-0.05, 0) is 55.7 Å². The van der Waals surface area contributed by atoms with Crippen molar-refractivity contribution in [2.75, 3.05) is 13.1 Å². The van der Waals surface area contributed by atoms with Crippen molar-refractivity contribution in [2.24, 2.45) is 0 Å². The maximum Gasteiger partial charge on any atom is 0.258 e. The molecule has 158 valence electrons. The van der Waals surface area contributed by atoms with E-state index < -0.39 is 0 Å². The molecule has 7 nitrogen and oxygen atoms in total. The topological polar surface area (TPSA) is 77.0 Å². The number of benzene rings is 2. The Morgan fingerprint density at radius 1 is 1.06 bits per heavy atom. The number of carbonyl (C=O) groups excluding carboxylic acids is 1. The zero-order chi connectivity index (χ0) is 21.2. The van der Waals surface area contributed by atoms with Gasteiger partial charge in [0.2, 0.25) is 11.7 Å². The number of imidazole rings is 1. The first-order chi connectivity index (χ1) is 15.2. The van der Waals surface area contributed by atoms with Gasteiger partial charge in [0.25, 0.3) is 5.89 Å². The van der Waals surface area contributed by atoms with Crippen LogP contribution in [0.5, 0.6) is 0 Å². The quantitative estimate of drug-likeness (QED) is 0.405. The van der Waals surface area contributed by atoms with Crippen LogP contribution < -0.4 is 0 Å². The minimum Gasteiger partial charge on any atom is -0.343 e. The van der Waals surface area contributed by atoms with Crippen LogP contribution >= 0.6 is 15.9 Å². The van der Waals surface area contributed by atoms with Crippen molar-refractivity contribution in [2.45, 2.75) is 32.2 Å². The van der Waals surface area contributed by atoms with E-state index >= 15 is 0 Å². The molecule has 5 rings (SSSR count). The second-order valence-electron chi connectivity index (χ2n) is 7.77. The number of rotatable bonds is 5. The van der Waals surface area contributed by atoms with Gasteiger partial charge < -0.3 is 14.0 Å². The Balaban J connectivity index is 1.32. The Bertz CT molecular complexity index is 1230. The SMILES string of the molecule is O=C(CCn1cnc2cc(-c3noc(-c4cccc(Br)c4)n3)ccc21)N1CCCCC1. The lowest BCUT2D eigenvalue weighted by Crippen LogP contribution is -2.35. The molecule has 0 N–H and O–H groups in total. The maximum absolute atomic E-state index is 12.5. The summed E-state index contributed by atoms with van der Waals surface area (Å²) < 4.78 is 8.44. The Morgan fingerprint density at radius 2 is 1.94 bits per heavy atom. The number of carbonyl (C=O) groups is 1. The fourth-order valence-electron chi connectivity index (χ4n) is 3.98. The summed E-state index contributed by atoms with van der Waals surface area (Å²) in [5.74, 6) is 1.22. The number of hydrogen-bond acceptors (Lipinski definition) is 5. The average Bonchev–Trinajstić information content (AvgIpc) is 3.45. The number of aromatic nitrogens is 4. The molecule has 0 spiro atoms. The summed E-state index contributed by atoms with van der Waals surface area (Å²) in [4.78, 5) is 23.5. The smallest absolute Gasteiger partial charge is 0.258 e. The van der Waals surface area contributed by atoms with Crippen LogP contribution in [-0.4, -0.2) is 43.6 Å². The van der Waals surface area contributed by atoms with E-state index in [1.807, 2.05) is 51.9 Å². The summed E-state index contributed by atoms with van der Waals surface area (Å²) >= 11 is 3.46. The summed E-state index contributed by atoms with van der Waals surface area (Å²) in [6, 6.07) is 13.7. The molecule has 1 aliphatic rings. The van der Waals surface area contributed by atoms with Crippen molar-refractivity contribution >= 4 is 32.9 Å². The minimum absolute atomic E-state index is 0.227. The highest BCUT2D eigenvalue weighted by molar-refractivity contribution is 9.10. The lowest BCUT2D eigenvalue weighted by Gasteiger charge is -2.26. The minimum atomic E-state index is 0.227. The second-order valence-corrected chi connectivity index (χ2v) is 8.68. The number of amides is 1. The average molecular weight is 480 g/mol. The van der Waals surface area contributed by atoms with Crippen LogP contribution in [0.1, 0.15) is 25.7 Å². The van der Waals surface area contributed by atoms with E-state index in [9.17, 15) is 4.79 Å². The predicted molar refractivity (Wildman–Crippen MR) is 121 cm³/mol. The third-order valence-corrected chi connectivity index (χ3v) is 6.15. The Hall–Kier alpha value is -3.00. The highest BCUT2D eigenvalue weighted by atomic mass is 79.9. The summed E-state index contributed by atoms with van der Waals surface area (Å²) in [6.45, 7) is 2.40. The molecular weight excluding hydrogens is 458 g/mol. The third kappa shape index (κ3) is 4.25. The third-order valence-electron chi connectivity index (χ3n) is 5.65. The molecule has 2 aromatic heterocycles. The van der Waals surface area contributed by atoms with Crippen LogP contribution in [0.25, 0.3) is 33.9 Å². The monoisotopic (exact) mass is 479 g/mol. The van der Waals surface area contributed by atoms with Crippen LogP contribution in [0.4, 0.5) is 0 Å². The summed E-state index contributed by atoms with van der Waals surface area (Å²) in [6.07, 6.45) is 5.74. The fourth-order valence-corrected chi connectivity index (χ4v) is 4.38. The molecule has 31 heavy (non-hydrogen) atoms. The van der Waals surface area contributed by atoms with Gasteiger partial charge in [0.05, 0.1) is 17.4 Å².